The second kappa shape index (κ2) is 10.3. The highest BCUT2D eigenvalue weighted by molar-refractivity contribution is 5.79. The quantitative estimate of drug-likeness (QED) is 0.731. The predicted molar refractivity (Wildman–Crippen MR) is 109 cm³/mol. The van der Waals surface area contributed by atoms with E-state index in [0.717, 1.165) is 57.4 Å². The summed E-state index contributed by atoms with van der Waals surface area (Å²) < 4.78 is 5.71. The molecule has 1 aromatic carbocycles. The summed E-state index contributed by atoms with van der Waals surface area (Å²) in [5, 5.41) is 3.05. The van der Waals surface area contributed by atoms with Gasteiger partial charge in [0, 0.05) is 38.6 Å². The van der Waals surface area contributed by atoms with E-state index in [1.54, 1.807) is 0 Å². The van der Waals surface area contributed by atoms with Crippen LogP contribution in [-0.2, 0) is 4.79 Å². The molecule has 2 heterocycles. The first kappa shape index (κ1) is 20.5. The van der Waals surface area contributed by atoms with E-state index in [1.165, 1.54) is 5.56 Å². The van der Waals surface area contributed by atoms with Crippen molar-refractivity contribution >= 4 is 11.9 Å². The van der Waals surface area contributed by atoms with Crippen LogP contribution in [0.25, 0.3) is 0 Å². The van der Waals surface area contributed by atoms with Gasteiger partial charge in [-0.3, -0.25) is 4.79 Å². The SMILES string of the molecule is Cc1ccc(OCCCCNC(=O)C2CCN(C(=O)N3CCCC3)CC2)cc1. The van der Waals surface area contributed by atoms with Gasteiger partial charge < -0.3 is 19.9 Å². The molecule has 0 atom stereocenters. The first-order valence-corrected chi connectivity index (χ1v) is 10.6. The maximum atomic E-state index is 12.4. The molecule has 0 radical (unpaired) electrons. The number of amides is 3. The molecule has 0 aromatic heterocycles. The van der Waals surface area contributed by atoms with Crippen LogP contribution in [0.3, 0.4) is 0 Å². The van der Waals surface area contributed by atoms with E-state index in [2.05, 4.69) is 12.2 Å². The summed E-state index contributed by atoms with van der Waals surface area (Å²) in [5.41, 5.74) is 1.22. The number of benzene rings is 1. The fraction of sp³-hybridized carbons (Fsp3) is 0.636. The Morgan fingerprint density at radius 1 is 1.00 bits per heavy atom. The lowest BCUT2D eigenvalue weighted by atomic mass is 9.96. The average molecular weight is 388 g/mol. The smallest absolute Gasteiger partial charge is 0.319 e. The van der Waals surface area contributed by atoms with Crippen LogP contribution in [-0.4, -0.2) is 61.1 Å². The van der Waals surface area contributed by atoms with E-state index in [0.29, 0.717) is 26.2 Å². The molecule has 0 spiro atoms. The van der Waals surface area contributed by atoms with E-state index >= 15 is 0 Å². The van der Waals surface area contributed by atoms with Crippen molar-refractivity contribution in [2.45, 2.75) is 45.4 Å². The maximum Gasteiger partial charge on any atom is 0.319 e. The van der Waals surface area contributed by atoms with Gasteiger partial charge in [-0.1, -0.05) is 17.7 Å². The molecule has 2 aliphatic heterocycles. The van der Waals surface area contributed by atoms with E-state index in [-0.39, 0.29) is 17.9 Å². The minimum absolute atomic E-state index is 0.0337. The molecular formula is C22H33N3O3. The molecule has 0 saturated carbocycles. The third-order valence-electron chi connectivity index (χ3n) is 5.67. The molecule has 1 N–H and O–H groups in total. The molecule has 154 valence electrons. The van der Waals surface area contributed by atoms with E-state index < -0.39 is 0 Å². The van der Waals surface area contributed by atoms with Crippen molar-refractivity contribution in [3.05, 3.63) is 29.8 Å². The van der Waals surface area contributed by atoms with Gasteiger partial charge in [0.2, 0.25) is 5.91 Å². The Kier molecular flexibility index (Phi) is 7.57. The third kappa shape index (κ3) is 5.88. The molecule has 6 nitrogen and oxygen atoms in total. The molecule has 2 saturated heterocycles. The normalized spacial score (nSPS) is 17.6. The van der Waals surface area contributed by atoms with Crippen molar-refractivity contribution in [2.24, 2.45) is 5.92 Å². The highest BCUT2D eigenvalue weighted by atomic mass is 16.5. The van der Waals surface area contributed by atoms with Crippen LogP contribution in [0.2, 0.25) is 0 Å². The monoisotopic (exact) mass is 387 g/mol. The van der Waals surface area contributed by atoms with Crippen molar-refractivity contribution < 1.29 is 14.3 Å². The summed E-state index contributed by atoms with van der Waals surface area (Å²) in [6, 6.07) is 8.21. The van der Waals surface area contributed by atoms with Crippen LogP contribution in [0.5, 0.6) is 5.75 Å². The van der Waals surface area contributed by atoms with E-state index in [1.807, 2.05) is 34.1 Å². The summed E-state index contributed by atoms with van der Waals surface area (Å²) in [6.07, 6.45) is 5.58. The number of rotatable bonds is 7. The van der Waals surface area contributed by atoms with E-state index in [4.69, 9.17) is 4.74 Å². The fourth-order valence-electron chi connectivity index (χ4n) is 3.85. The molecule has 2 fully saturated rings. The standard InChI is InChI=1S/C22H33N3O3/c1-18-6-8-20(9-7-18)28-17-5-2-12-23-21(26)19-10-15-25(16-11-19)22(27)24-13-3-4-14-24/h6-9,19H,2-5,10-17H2,1H3,(H,23,26). The zero-order valence-corrected chi connectivity index (χ0v) is 17.0. The average Bonchev–Trinajstić information content (AvgIpc) is 3.26. The van der Waals surface area contributed by atoms with Crippen molar-refractivity contribution in [2.75, 3.05) is 39.3 Å². The van der Waals surface area contributed by atoms with Gasteiger partial charge in [-0.2, -0.15) is 0 Å². The first-order valence-electron chi connectivity index (χ1n) is 10.6. The molecule has 3 rings (SSSR count). The number of carbonyl (C=O) groups is 2. The van der Waals surface area contributed by atoms with E-state index in [9.17, 15) is 9.59 Å². The van der Waals surface area contributed by atoms with Crippen molar-refractivity contribution in [3.8, 4) is 5.75 Å². The Morgan fingerprint density at radius 3 is 2.32 bits per heavy atom. The molecule has 6 heteroatoms. The van der Waals surface area contributed by atoms with Crippen molar-refractivity contribution in [1.29, 1.82) is 0 Å². The topological polar surface area (TPSA) is 61.9 Å². The number of aryl methyl sites for hydroxylation is 1. The summed E-state index contributed by atoms with van der Waals surface area (Å²) in [7, 11) is 0. The summed E-state index contributed by atoms with van der Waals surface area (Å²) >= 11 is 0. The summed E-state index contributed by atoms with van der Waals surface area (Å²) in [6.45, 7) is 6.55. The number of hydrogen-bond donors (Lipinski definition) is 1. The largest absolute Gasteiger partial charge is 0.494 e. The van der Waals surface area contributed by atoms with Gasteiger partial charge in [0.15, 0.2) is 0 Å². The first-order chi connectivity index (χ1) is 13.6. The van der Waals surface area contributed by atoms with Gasteiger partial charge in [-0.15, -0.1) is 0 Å². The van der Waals surface area contributed by atoms with Gasteiger partial charge in [0.25, 0.3) is 0 Å². The predicted octanol–water partition coefficient (Wildman–Crippen LogP) is 3.20. The Bertz CT molecular complexity index is 633. The molecule has 0 bridgehead atoms. The number of carbonyl (C=O) groups excluding carboxylic acids is 2. The lowest BCUT2D eigenvalue weighted by Crippen LogP contribution is -2.47. The summed E-state index contributed by atoms with van der Waals surface area (Å²) in [5.74, 6) is 1.06. The molecule has 2 aliphatic rings. The number of unbranched alkanes of at least 4 members (excludes halogenated alkanes) is 1. The molecule has 0 unspecified atom stereocenters. The van der Waals surface area contributed by atoms with Gasteiger partial charge in [0.05, 0.1) is 6.61 Å². The highest BCUT2D eigenvalue weighted by Gasteiger charge is 2.30. The molecule has 28 heavy (non-hydrogen) atoms. The molecular weight excluding hydrogens is 354 g/mol. The van der Waals surface area contributed by atoms with Crippen LogP contribution < -0.4 is 10.1 Å². The number of nitrogens with one attached hydrogen (secondary N) is 1. The van der Waals surface area contributed by atoms with Crippen LogP contribution in [0.1, 0.15) is 44.1 Å². The maximum absolute atomic E-state index is 12.4. The van der Waals surface area contributed by atoms with Crippen molar-refractivity contribution in [1.82, 2.24) is 15.1 Å². The molecule has 0 aliphatic carbocycles. The number of ether oxygens (including phenoxy) is 1. The Morgan fingerprint density at radius 2 is 1.64 bits per heavy atom. The molecule has 3 amide bonds. The fourth-order valence-corrected chi connectivity index (χ4v) is 3.85. The van der Waals surface area contributed by atoms with Crippen LogP contribution in [0.4, 0.5) is 4.79 Å². The highest BCUT2D eigenvalue weighted by Crippen LogP contribution is 2.20. The second-order valence-electron chi connectivity index (χ2n) is 7.90. The minimum atomic E-state index is 0.0337. The lowest BCUT2D eigenvalue weighted by molar-refractivity contribution is -0.126. The van der Waals surface area contributed by atoms with Crippen LogP contribution in [0.15, 0.2) is 24.3 Å². The third-order valence-corrected chi connectivity index (χ3v) is 5.67. The van der Waals surface area contributed by atoms with Gasteiger partial charge in [-0.25, -0.2) is 4.79 Å². The van der Waals surface area contributed by atoms with Crippen LogP contribution >= 0.6 is 0 Å². The zero-order chi connectivity index (χ0) is 19.8. The van der Waals surface area contributed by atoms with Gasteiger partial charge in [-0.05, 0) is 57.6 Å². The number of urea groups is 1. The Balaban J connectivity index is 1.25. The number of piperidine rings is 1. The Hall–Kier alpha value is -2.24. The van der Waals surface area contributed by atoms with Gasteiger partial charge in [0.1, 0.15) is 5.75 Å². The zero-order valence-electron chi connectivity index (χ0n) is 17.0. The second-order valence-corrected chi connectivity index (χ2v) is 7.90. The number of nitrogens with zero attached hydrogens (tertiary/aromatic N) is 2. The Labute approximate surface area is 168 Å². The molecule has 1 aromatic rings. The van der Waals surface area contributed by atoms with Gasteiger partial charge >= 0.3 is 6.03 Å². The van der Waals surface area contributed by atoms with Crippen LogP contribution in [0, 0.1) is 12.8 Å². The number of likely N-dealkylation sites (tertiary alicyclic amines) is 2. The summed E-state index contributed by atoms with van der Waals surface area (Å²) in [4.78, 5) is 28.6. The number of hydrogen-bond acceptors (Lipinski definition) is 3. The van der Waals surface area contributed by atoms with Crippen molar-refractivity contribution in [3.63, 3.8) is 0 Å². The lowest BCUT2D eigenvalue weighted by Gasteiger charge is -2.34. The minimum Gasteiger partial charge on any atom is -0.494 e.